The van der Waals surface area contributed by atoms with E-state index in [4.69, 9.17) is 16.3 Å². The molecule has 1 aliphatic rings. The number of anilines is 2. The van der Waals surface area contributed by atoms with Gasteiger partial charge in [0.05, 0.1) is 13.2 Å². The highest BCUT2D eigenvalue weighted by atomic mass is 35.5. The van der Waals surface area contributed by atoms with E-state index in [-0.39, 0.29) is 0 Å². The molecule has 1 aromatic carbocycles. The maximum Gasteiger partial charge on any atom is 0.237 e. The Labute approximate surface area is 141 Å². The number of nitriles is 1. The first-order chi connectivity index (χ1) is 11.2. The maximum absolute atomic E-state index is 10.1. The van der Waals surface area contributed by atoms with Crippen LogP contribution in [0, 0.1) is 11.3 Å². The lowest BCUT2D eigenvalue weighted by Gasteiger charge is -2.36. The molecule has 1 unspecified atom stereocenters. The van der Waals surface area contributed by atoms with Crippen molar-refractivity contribution in [1.29, 1.82) is 5.26 Å². The number of fused-ring (bicyclic) bond motifs is 2. The summed E-state index contributed by atoms with van der Waals surface area (Å²) in [4.78, 5) is 4.26. The number of methoxy groups -OCH3 is 1. The second-order valence-corrected chi connectivity index (χ2v) is 6.11. The summed E-state index contributed by atoms with van der Waals surface area (Å²) in [6.07, 6.45) is 4.38. The zero-order valence-corrected chi connectivity index (χ0v) is 13.9. The van der Waals surface area contributed by atoms with E-state index >= 15 is 0 Å². The van der Waals surface area contributed by atoms with Crippen LogP contribution in [0.4, 0.5) is 11.4 Å². The minimum Gasteiger partial charge on any atom is -0.480 e. The molecule has 1 atom stereocenters. The average molecular weight is 328 g/mol. The number of benzene rings is 1. The van der Waals surface area contributed by atoms with E-state index in [1.165, 1.54) is 0 Å². The van der Waals surface area contributed by atoms with Gasteiger partial charge in [0.25, 0.3) is 0 Å². The SMILES string of the molecule is CCCCC1(C#N)c2cc(Cl)ccc2Nc2c1ccnc2OC. The molecule has 4 nitrogen and oxygen atoms in total. The van der Waals surface area contributed by atoms with Crippen molar-refractivity contribution in [3.8, 4) is 11.9 Å². The number of ether oxygens (including phenoxy) is 1. The van der Waals surface area contributed by atoms with Crippen molar-refractivity contribution >= 4 is 23.0 Å². The lowest BCUT2D eigenvalue weighted by Crippen LogP contribution is -2.31. The zero-order valence-electron chi connectivity index (χ0n) is 13.2. The van der Waals surface area contributed by atoms with Crippen LogP contribution in [0.3, 0.4) is 0 Å². The summed E-state index contributed by atoms with van der Waals surface area (Å²) in [5, 5.41) is 14.1. The highest BCUT2D eigenvalue weighted by molar-refractivity contribution is 6.30. The van der Waals surface area contributed by atoms with E-state index in [2.05, 4.69) is 23.3 Å². The summed E-state index contributed by atoms with van der Waals surface area (Å²) in [6, 6.07) is 10.1. The Kier molecular flexibility index (Phi) is 4.14. The van der Waals surface area contributed by atoms with Crippen molar-refractivity contribution in [1.82, 2.24) is 4.98 Å². The summed E-state index contributed by atoms with van der Waals surface area (Å²) < 4.78 is 5.38. The van der Waals surface area contributed by atoms with Gasteiger partial charge in [0.2, 0.25) is 5.88 Å². The lowest BCUT2D eigenvalue weighted by atomic mass is 9.69. The number of nitrogens with one attached hydrogen (secondary N) is 1. The van der Waals surface area contributed by atoms with Crippen LogP contribution in [0.2, 0.25) is 5.02 Å². The van der Waals surface area contributed by atoms with Crippen LogP contribution in [0.25, 0.3) is 0 Å². The molecule has 0 radical (unpaired) electrons. The van der Waals surface area contributed by atoms with Gasteiger partial charge in [0, 0.05) is 28.0 Å². The molecule has 118 valence electrons. The molecule has 0 aliphatic carbocycles. The van der Waals surface area contributed by atoms with Crippen molar-refractivity contribution in [2.24, 2.45) is 0 Å². The minimum absolute atomic E-state index is 0.499. The second kappa shape index (κ2) is 6.10. The first kappa shape index (κ1) is 15.6. The number of hydrogen-bond acceptors (Lipinski definition) is 4. The number of unbranched alkanes of at least 4 members (excludes halogenated alkanes) is 1. The molecule has 0 fully saturated rings. The second-order valence-electron chi connectivity index (χ2n) is 5.68. The Bertz CT molecular complexity index is 784. The number of hydrogen-bond donors (Lipinski definition) is 1. The summed E-state index contributed by atoms with van der Waals surface area (Å²) in [7, 11) is 1.59. The van der Waals surface area contributed by atoms with E-state index in [0.29, 0.717) is 10.9 Å². The van der Waals surface area contributed by atoms with Crippen LogP contribution in [0.15, 0.2) is 30.5 Å². The predicted molar refractivity (Wildman–Crippen MR) is 91.4 cm³/mol. The highest BCUT2D eigenvalue weighted by Crippen LogP contribution is 2.50. The Morgan fingerprint density at radius 3 is 2.87 bits per heavy atom. The van der Waals surface area contributed by atoms with Gasteiger partial charge in [-0.05, 0) is 30.7 Å². The van der Waals surface area contributed by atoms with Gasteiger partial charge in [-0.3, -0.25) is 0 Å². The Morgan fingerprint density at radius 2 is 2.17 bits per heavy atom. The number of rotatable bonds is 4. The zero-order chi connectivity index (χ0) is 16.4. The molecule has 23 heavy (non-hydrogen) atoms. The molecule has 1 aromatic heterocycles. The fourth-order valence-electron chi connectivity index (χ4n) is 3.22. The van der Waals surface area contributed by atoms with Gasteiger partial charge in [-0.25, -0.2) is 4.98 Å². The van der Waals surface area contributed by atoms with Gasteiger partial charge in [-0.15, -0.1) is 0 Å². The van der Waals surface area contributed by atoms with Gasteiger partial charge in [0.1, 0.15) is 11.1 Å². The third-order valence-electron chi connectivity index (χ3n) is 4.37. The van der Waals surface area contributed by atoms with Gasteiger partial charge in [-0.1, -0.05) is 31.4 Å². The average Bonchev–Trinajstić information content (AvgIpc) is 2.58. The van der Waals surface area contributed by atoms with E-state index in [9.17, 15) is 5.26 Å². The van der Waals surface area contributed by atoms with E-state index in [0.717, 1.165) is 41.8 Å². The Hall–Kier alpha value is -2.25. The predicted octanol–water partition coefficient (Wildman–Crippen LogP) is 4.80. The molecule has 5 heteroatoms. The largest absolute Gasteiger partial charge is 0.480 e. The van der Waals surface area contributed by atoms with Gasteiger partial charge >= 0.3 is 0 Å². The van der Waals surface area contributed by atoms with Gasteiger partial charge in [0.15, 0.2) is 0 Å². The number of nitrogens with zero attached hydrogens (tertiary/aromatic N) is 2. The van der Waals surface area contributed by atoms with Crippen LogP contribution in [-0.4, -0.2) is 12.1 Å². The number of aromatic nitrogens is 1. The highest BCUT2D eigenvalue weighted by Gasteiger charge is 2.42. The van der Waals surface area contributed by atoms with E-state index < -0.39 is 5.41 Å². The Balaban J connectivity index is 2.29. The third kappa shape index (κ3) is 2.42. The molecule has 1 N–H and O–H groups in total. The molecule has 1 aliphatic heterocycles. The summed E-state index contributed by atoms with van der Waals surface area (Å²) in [5.41, 5.74) is 2.72. The van der Waals surface area contributed by atoms with Crippen LogP contribution < -0.4 is 10.1 Å². The fourth-order valence-corrected chi connectivity index (χ4v) is 3.39. The molecular formula is C18H18ClN3O. The summed E-state index contributed by atoms with van der Waals surface area (Å²) in [5.74, 6) is 0.499. The van der Waals surface area contributed by atoms with Crippen LogP contribution in [-0.2, 0) is 5.41 Å². The number of pyridine rings is 1. The minimum atomic E-state index is -0.743. The van der Waals surface area contributed by atoms with Crippen molar-refractivity contribution in [3.63, 3.8) is 0 Å². The molecular weight excluding hydrogens is 310 g/mol. The normalized spacial score (nSPS) is 18.3. The third-order valence-corrected chi connectivity index (χ3v) is 4.60. The first-order valence-electron chi connectivity index (χ1n) is 7.68. The molecule has 0 saturated heterocycles. The van der Waals surface area contributed by atoms with Crippen molar-refractivity contribution < 1.29 is 4.74 Å². The van der Waals surface area contributed by atoms with Crippen LogP contribution >= 0.6 is 11.6 Å². The Morgan fingerprint density at radius 1 is 1.35 bits per heavy atom. The number of halogens is 1. The van der Waals surface area contributed by atoms with Crippen LogP contribution in [0.1, 0.15) is 37.3 Å². The molecule has 2 heterocycles. The summed E-state index contributed by atoms with van der Waals surface area (Å²) in [6.45, 7) is 2.12. The van der Waals surface area contributed by atoms with E-state index in [1.54, 1.807) is 13.3 Å². The topological polar surface area (TPSA) is 57.9 Å². The van der Waals surface area contributed by atoms with Crippen molar-refractivity contribution in [2.45, 2.75) is 31.6 Å². The summed E-state index contributed by atoms with van der Waals surface area (Å²) >= 11 is 6.21. The molecule has 3 rings (SSSR count). The monoisotopic (exact) mass is 327 g/mol. The van der Waals surface area contributed by atoms with Gasteiger partial charge < -0.3 is 10.1 Å². The molecule has 0 spiro atoms. The molecule has 0 bridgehead atoms. The van der Waals surface area contributed by atoms with Crippen LogP contribution in [0.5, 0.6) is 5.88 Å². The van der Waals surface area contributed by atoms with E-state index in [1.807, 2.05) is 24.3 Å². The molecule has 0 saturated carbocycles. The standard InChI is InChI=1S/C18H18ClN3O/c1-3-4-8-18(11-20)13-7-9-21-17(23-2)16(13)22-15-6-5-12(19)10-14(15)18/h5-7,9-10,22H,3-4,8H2,1-2H3. The molecule has 2 aromatic rings. The fraction of sp³-hybridized carbons (Fsp3) is 0.333. The van der Waals surface area contributed by atoms with Gasteiger partial charge in [-0.2, -0.15) is 5.26 Å². The first-order valence-corrected chi connectivity index (χ1v) is 8.06. The van der Waals surface area contributed by atoms with Crippen molar-refractivity contribution in [3.05, 3.63) is 46.6 Å². The lowest BCUT2D eigenvalue weighted by molar-refractivity contribution is 0.398. The quantitative estimate of drug-likeness (QED) is 0.876. The molecule has 0 amide bonds. The smallest absolute Gasteiger partial charge is 0.237 e. The maximum atomic E-state index is 10.1. The van der Waals surface area contributed by atoms with Crippen molar-refractivity contribution in [2.75, 3.05) is 12.4 Å².